The van der Waals surface area contributed by atoms with E-state index in [1.54, 1.807) is 45.0 Å². The molecule has 3 rings (SSSR count). The first kappa shape index (κ1) is 16.6. The number of hydrogen-bond acceptors (Lipinski definition) is 5. The number of thioether (sulfide) groups is 1. The van der Waals surface area contributed by atoms with Crippen LogP contribution in [-0.4, -0.2) is 49.5 Å². The molecule has 2 saturated heterocycles. The number of carbonyl (C=O) groups is 3. The molecule has 0 radical (unpaired) electrons. The summed E-state index contributed by atoms with van der Waals surface area (Å²) in [6, 6.07) is 5.49. The summed E-state index contributed by atoms with van der Waals surface area (Å²) >= 11 is 1.39. The van der Waals surface area contributed by atoms with Gasteiger partial charge in [-0.2, -0.15) is 0 Å². The van der Waals surface area contributed by atoms with E-state index < -0.39 is 27.7 Å². The van der Waals surface area contributed by atoms with Gasteiger partial charge in [0.2, 0.25) is 0 Å². The molecule has 24 heavy (non-hydrogen) atoms. The van der Waals surface area contributed by atoms with Gasteiger partial charge in [0.25, 0.3) is 11.8 Å². The highest BCUT2D eigenvalue weighted by Crippen LogP contribution is 2.54. The predicted molar refractivity (Wildman–Crippen MR) is 90.5 cm³/mol. The molecule has 0 aliphatic carbocycles. The fourth-order valence-electron chi connectivity index (χ4n) is 3.28. The molecule has 0 bridgehead atoms. The molecule has 2 fully saturated rings. The van der Waals surface area contributed by atoms with Gasteiger partial charge < -0.3 is 21.1 Å². The number of hydrogen-bond donors (Lipinski definition) is 3. The van der Waals surface area contributed by atoms with Gasteiger partial charge in [-0.05, 0) is 45.0 Å². The number of rotatable bonds is 3. The maximum Gasteiger partial charge on any atom is 0.327 e. The Hall–Kier alpha value is -2.22. The standard InChI is InChI=1S/C16H19N3O4S/c1-15(2)10(12(21)22)19-13(23)16(3,14(19)24-15)18-11(20)8-4-6-9(17)7-5-8/h4-7,10,14H,17H2,1-3H3,(H,18,20)(H,21,22)/t10-,14+,16-/m0/s1. The number of β-lactam (4-membered cyclic amide) rings is 1. The Kier molecular flexibility index (Phi) is 3.56. The van der Waals surface area contributed by atoms with Gasteiger partial charge in [0.1, 0.15) is 17.0 Å². The molecule has 2 aliphatic heterocycles. The normalized spacial score (nSPS) is 30.5. The van der Waals surface area contributed by atoms with E-state index in [1.807, 2.05) is 0 Å². The zero-order chi connectivity index (χ0) is 17.9. The highest BCUT2D eigenvalue weighted by Gasteiger charge is 2.70. The summed E-state index contributed by atoms with van der Waals surface area (Å²) in [5, 5.41) is 11.8. The van der Waals surface area contributed by atoms with Crippen LogP contribution in [0.15, 0.2) is 24.3 Å². The first-order valence-electron chi connectivity index (χ1n) is 7.49. The maximum absolute atomic E-state index is 12.6. The van der Waals surface area contributed by atoms with Crippen LogP contribution in [0.3, 0.4) is 0 Å². The lowest BCUT2D eigenvalue weighted by Gasteiger charge is -2.51. The number of fused-ring (bicyclic) bond motifs is 1. The number of nitrogens with two attached hydrogens (primary N) is 1. The topological polar surface area (TPSA) is 113 Å². The number of carboxylic acid groups (broad SMARTS) is 1. The maximum atomic E-state index is 12.6. The Morgan fingerprint density at radius 2 is 1.83 bits per heavy atom. The van der Waals surface area contributed by atoms with Gasteiger partial charge in [-0.3, -0.25) is 9.59 Å². The molecule has 0 unspecified atom stereocenters. The van der Waals surface area contributed by atoms with Crippen molar-refractivity contribution in [1.29, 1.82) is 0 Å². The molecule has 0 saturated carbocycles. The van der Waals surface area contributed by atoms with Crippen LogP contribution in [0.4, 0.5) is 5.69 Å². The quantitative estimate of drug-likeness (QED) is 0.552. The van der Waals surface area contributed by atoms with Crippen LogP contribution in [0.1, 0.15) is 31.1 Å². The van der Waals surface area contributed by atoms with Crippen molar-refractivity contribution in [2.24, 2.45) is 0 Å². The minimum atomic E-state index is -1.12. The van der Waals surface area contributed by atoms with E-state index in [1.165, 1.54) is 16.7 Å². The van der Waals surface area contributed by atoms with Gasteiger partial charge in [-0.25, -0.2) is 4.79 Å². The molecule has 2 amide bonds. The summed E-state index contributed by atoms with van der Waals surface area (Å²) in [5.41, 5.74) is 5.42. The lowest BCUT2D eigenvalue weighted by molar-refractivity contribution is -0.165. The van der Waals surface area contributed by atoms with Gasteiger partial charge in [0.15, 0.2) is 0 Å². The number of nitrogens with one attached hydrogen (secondary N) is 1. The molecule has 3 atom stereocenters. The molecule has 7 nitrogen and oxygen atoms in total. The van der Waals surface area contributed by atoms with Crippen molar-refractivity contribution >= 4 is 35.2 Å². The summed E-state index contributed by atoms with van der Waals surface area (Å²) in [6.45, 7) is 5.23. The first-order chi connectivity index (χ1) is 11.1. The van der Waals surface area contributed by atoms with Gasteiger partial charge in [-0.1, -0.05) is 0 Å². The van der Waals surface area contributed by atoms with Crippen molar-refractivity contribution in [1.82, 2.24) is 10.2 Å². The van der Waals surface area contributed by atoms with Crippen LogP contribution < -0.4 is 11.1 Å². The summed E-state index contributed by atoms with van der Waals surface area (Å²) in [6.07, 6.45) is 0. The largest absolute Gasteiger partial charge is 0.480 e. The van der Waals surface area contributed by atoms with Crippen LogP contribution in [0.25, 0.3) is 0 Å². The summed E-state index contributed by atoms with van der Waals surface area (Å²) in [7, 11) is 0. The van der Waals surface area contributed by atoms with E-state index >= 15 is 0 Å². The molecular formula is C16H19N3O4S. The van der Waals surface area contributed by atoms with Crippen LogP contribution in [-0.2, 0) is 9.59 Å². The molecule has 2 aliphatic rings. The second-order valence-corrected chi connectivity index (χ2v) is 8.54. The SMILES string of the molecule is CC1(C)S[C@H]2N(C(=O)[C@]2(C)NC(=O)c2ccc(N)cc2)[C@H]1C(=O)O. The first-order valence-corrected chi connectivity index (χ1v) is 8.37. The number of nitrogens with zero attached hydrogens (tertiary/aromatic N) is 1. The van der Waals surface area contributed by atoms with E-state index in [0.717, 1.165) is 0 Å². The van der Waals surface area contributed by atoms with Gasteiger partial charge in [-0.15, -0.1) is 11.8 Å². The molecule has 4 N–H and O–H groups in total. The molecule has 128 valence electrons. The van der Waals surface area contributed by atoms with Gasteiger partial charge in [0, 0.05) is 16.0 Å². The Balaban J connectivity index is 1.83. The minimum absolute atomic E-state index is 0.373. The Morgan fingerprint density at radius 3 is 2.38 bits per heavy atom. The molecule has 1 aromatic carbocycles. The average Bonchev–Trinajstić information content (AvgIpc) is 2.77. The average molecular weight is 349 g/mol. The van der Waals surface area contributed by atoms with Crippen molar-refractivity contribution in [3.05, 3.63) is 29.8 Å². The van der Waals surface area contributed by atoms with Crippen LogP contribution in [0.2, 0.25) is 0 Å². The number of carboxylic acids is 1. The second-order valence-electron chi connectivity index (χ2n) is 6.81. The van der Waals surface area contributed by atoms with Crippen molar-refractivity contribution < 1.29 is 19.5 Å². The molecular weight excluding hydrogens is 330 g/mol. The highest BCUT2D eigenvalue weighted by atomic mass is 32.2. The van der Waals surface area contributed by atoms with Crippen molar-refractivity contribution in [3.8, 4) is 0 Å². The number of nitrogen functional groups attached to an aromatic ring is 1. The predicted octanol–water partition coefficient (Wildman–Crippen LogP) is 0.904. The number of carbonyl (C=O) groups excluding carboxylic acids is 2. The highest BCUT2D eigenvalue weighted by molar-refractivity contribution is 8.01. The molecule has 2 heterocycles. The van der Waals surface area contributed by atoms with Crippen molar-refractivity contribution in [2.75, 3.05) is 5.73 Å². The molecule has 1 aromatic rings. The lowest BCUT2D eigenvalue weighted by Crippen LogP contribution is -2.78. The lowest BCUT2D eigenvalue weighted by atomic mass is 9.86. The van der Waals surface area contributed by atoms with E-state index in [2.05, 4.69) is 5.32 Å². The third-order valence-electron chi connectivity index (χ3n) is 4.56. The Morgan fingerprint density at radius 1 is 1.25 bits per heavy atom. The number of anilines is 1. The number of benzene rings is 1. The number of amides is 2. The van der Waals surface area contributed by atoms with Crippen LogP contribution in [0.5, 0.6) is 0 Å². The monoisotopic (exact) mass is 349 g/mol. The van der Waals surface area contributed by atoms with Crippen LogP contribution in [0, 0.1) is 0 Å². The zero-order valence-electron chi connectivity index (χ0n) is 13.6. The van der Waals surface area contributed by atoms with E-state index in [4.69, 9.17) is 5.73 Å². The smallest absolute Gasteiger partial charge is 0.327 e. The summed E-state index contributed by atoms with van der Waals surface area (Å²) in [5.74, 6) is -1.79. The van der Waals surface area contributed by atoms with Gasteiger partial charge >= 0.3 is 5.97 Å². The minimum Gasteiger partial charge on any atom is -0.480 e. The van der Waals surface area contributed by atoms with E-state index in [0.29, 0.717) is 11.3 Å². The van der Waals surface area contributed by atoms with Gasteiger partial charge in [0.05, 0.1) is 0 Å². The van der Waals surface area contributed by atoms with Crippen LogP contribution >= 0.6 is 11.8 Å². The third-order valence-corrected chi connectivity index (χ3v) is 6.31. The van der Waals surface area contributed by atoms with E-state index in [-0.39, 0.29) is 11.8 Å². The second kappa shape index (κ2) is 5.14. The Labute approximate surface area is 143 Å². The third kappa shape index (κ3) is 2.24. The molecule has 0 spiro atoms. The molecule has 0 aromatic heterocycles. The zero-order valence-corrected chi connectivity index (χ0v) is 14.4. The fraction of sp³-hybridized carbons (Fsp3) is 0.438. The summed E-state index contributed by atoms with van der Waals surface area (Å²) < 4.78 is -0.629. The van der Waals surface area contributed by atoms with Crippen molar-refractivity contribution in [3.63, 3.8) is 0 Å². The number of aliphatic carboxylic acids is 1. The summed E-state index contributed by atoms with van der Waals surface area (Å²) in [4.78, 5) is 37.9. The molecule has 8 heteroatoms. The van der Waals surface area contributed by atoms with E-state index in [9.17, 15) is 19.5 Å². The van der Waals surface area contributed by atoms with Crippen molar-refractivity contribution in [2.45, 2.75) is 42.5 Å². The fourth-order valence-corrected chi connectivity index (χ4v) is 4.93. The Bertz CT molecular complexity index is 733.